The molecule has 0 aromatic heterocycles. The van der Waals surface area contributed by atoms with Crippen LogP contribution >= 0.6 is 0 Å². The molecule has 0 spiro atoms. The molecule has 0 saturated heterocycles. The zero-order valence-corrected chi connectivity index (χ0v) is 15.9. The number of nitrogens with zero attached hydrogens (tertiary/aromatic N) is 1. The highest BCUT2D eigenvalue weighted by Gasteiger charge is 2.21. The molecule has 3 N–H and O–H groups in total. The van der Waals surface area contributed by atoms with Gasteiger partial charge < -0.3 is 10.6 Å². The van der Waals surface area contributed by atoms with Crippen molar-refractivity contribution < 1.29 is 18.5 Å². The fraction of sp³-hybridized carbons (Fsp3) is 0.588. The van der Waals surface area contributed by atoms with Gasteiger partial charge in [-0.05, 0) is 25.5 Å². The first-order chi connectivity index (χ1) is 11.4. The average molecular weight is 357 g/mol. The molecule has 0 radical (unpaired) electrons. The van der Waals surface area contributed by atoms with Gasteiger partial charge in [-0.2, -0.15) is 4.31 Å². The predicted octanol–water partition coefficient (Wildman–Crippen LogP) is 0.868. The van der Waals surface area contributed by atoms with Crippen molar-refractivity contribution in [2.45, 2.75) is 45.1 Å². The molecule has 0 aliphatic carbocycles. The van der Waals surface area contributed by atoms with Crippen molar-refractivity contribution in [3.63, 3.8) is 0 Å². The lowest BCUT2D eigenvalue weighted by molar-refractivity contribution is -0.682. The Kier molecular flexibility index (Phi) is 8.38. The molecule has 1 atom stereocenters. The van der Waals surface area contributed by atoms with Crippen LogP contribution in [0.3, 0.4) is 0 Å². The van der Waals surface area contributed by atoms with Crippen molar-refractivity contribution >= 4 is 15.9 Å². The number of hydrogen-bond acceptors (Lipinski definition) is 3. The van der Waals surface area contributed by atoms with Gasteiger partial charge in [0.15, 0.2) is 6.54 Å². The number of carbonyl (C=O) groups is 1. The summed E-state index contributed by atoms with van der Waals surface area (Å²) in [6, 6.07) is 7.01. The highest BCUT2D eigenvalue weighted by molar-refractivity contribution is 7.89. The summed E-state index contributed by atoms with van der Waals surface area (Å²) in [6.45, 7) is 9.64. The van der Waals surface area contributed by atoms with E-state index in [1.54, 1.807) is 12.1 Å². The Morgan fingerprint density at radius 1 is 1.17 bits per heavy atom. The fourth-order valence-electron chi connectivity index (χ4n) is 2.41. The third-order valence-electron chi connectivity index (χ3n) is 3.98. The molecule has 6 nitrogen and oxygen atoms in total. The zero-order valence-electron chi connectivity index (χ0n) is 15.1. The van der Waals surface area contributed by atoms with Crippen molar-refractivity contribution in [1.29, 1.82) is 0 Å². The molecule has 0 aliphatic rings. The molecule has 0 unspecified atom stereocenters. The van der Waals surface area contributed by atoms with Crippen LogP contribution in [0.5, 0.6) is 0 Å². The molecule has 0 bridgehead atoms. The Labute approximate surface area is 145 Å². The summed E-state index contributed by atoms with van der Waals surface area (Å²) in [5, 5.41) is 4.78. The first-order valence-electron chi connectivity index (χ1n) is 8.56. The summed E-state index contributed by atoms with van der Waals surface area (Å²) in [7, 11) is -3.42. The monoisotopic (exact) mass is 356 g/mol. The van der Waals surface area contributed by atoms with Crippen LogP contribution in [-0.4, -0.2) is 44.8 Å². The maximum atomic E-state index is 12.5. The SMILES string of the molecule is CCCNC(=O)C[NH2+][C@@H](C)c1ccc(S(=O)(=O)N(CC)CC)cc1. The van der Waals surface area contributed by atoms with E-state index in [1.807, 2.05) is 45.1 Å². The standard InChI is InChI=1S/C17H29N3O3S/c1-5-12-18-17(21)13-19-14(4)15-8-10-16(11-9-15)24(22,23)20(6-2)7-3/h8-11,14,19H,5-7,12-13H2,1-4H3,(H,18,21)/p+1/t14-/m0/s1. The third-order valence-corrected chi connectivity index (χ3v) is 6.04. The molecule has 24 heavy (non-hydrogen) atoms. The lowest BCUT2D eigenvalue weighted by Gasteiger charge is -2.19. The highest BCUT2D eigenvalue weighted by atomic mass is 32.2. The maximum Gasteiger partial charge on any atom is 0.275 e. The van der Waals surface area contributed by atoms with E-state index in [0.717, 1.165) is 12.0 Å². The minimum absolute atomic E-state index is 0.0180. The van der Waals surface area contributed by atoms with Gasteiger partial charge in [0, 0.05) is 25.2 Å². The number of benzene rings is 1. The summed E-state index contributed by atoms with van der Waals surface area (Å²) < 4.78 is 26.4. The number of nitrogens with two attached hydrogens (primary N) is 1. The van der Waals surface area contributed by atoms with Gasteiger partial charge in [-0.15, -0.1) is 0 Å². The minimum atomic E-state index is -3.42. The number of rotatable bonds is 10. The Bertz CT molecular complexity index is 610. The van der Waals surface area contributed by atoms with E-state index in [-0.39, 0.29) is 11.9 Å². The van der Waals surface area contributed by atoms with Gasteiger partial charge in [0.05, 0.1) is 4.90 Å². The number of nitrogens with one attached hydrogen (secondary N) is 1. The van der Waals surface area contributed by atoms with E-state index in [2.05, 4.69) is 5.32 Å². The largest absolute Gasteiger partial charge is 0.351 e. The van der Waals surface area contributed by atoms with E-state index >= 15 is 0 Å². The average Bonchev–Trinajstić information content (AvgIpc) is 2.58. The van der Waals surface area contributed by atoms with Crippen LogP contribution in [0.2, 0.25) is 0 Å². The number of amides is 1. The highest BCUT2D eigenvalue weighted by Crippen LogP contribution is 2.18. The first-order valence-corrected chi connectivity index (χ1v) is 10.0. The molecule has 136 valence electrons. The molecule has 1 aromatic rings. The van der Waals surface area contributed by atoms with Crippen molar-refractivity contribution in [3.8, 4) is 0 Å². The number of quaternary nitrogens is 1. The van der Waals surface area contributed by atoms with Crippen LogP contribution in [0.25, 0.3) is 0 Å². The summed E-state index contributed by atoms with van der Waals surface area (Å²) in [5.41, 5.74) is 0.997. The van der Waals surface area contributed by atoms with E-state index in [1.165, 1.54) is 4.31 Å². The maximum absolute atomic E-state index is 12.5. The first kappa shape index (κ1) is 20.6. The molecule has 1 rings (SSSR count). The summed E-state index contributed by atoms with van der Waals surface area (Å²) >= 11 is 0. The van der Waals surface area contributed by atoms with Crippen molar-refractivity contribution in [2.75, 3.05) is 26.2 Å². The number of sulfonamides is 1. The fourth-order valence-corrected chi connectivity index (χ4v) is 3.87. The van der Waals surface area contributed by atoms with Gasteiger partial charge in [0.25, 0.3) is 5.91 Å². The quantitative estimate of drug-likeness (QED) is 0.652. The normalized spacial score (nSPS) is 13.0. The second-order valence-corrected chi connectivity index (χ2v) is 7.67. The van der Waals surface area contributed by atoms with Crippen molar-refractivity contribution in [2.24, 2.45) is 0 Å². The summed E-state index contributed by atoms with van der Waals surface area (Å²) in [6.07, 6.45) is 0.920. The van der Waals surface area contributed by atoms with Crippen LogP contribution in [0.1, 0.15) is 45.7 Å². The Morgan fingerprint density at radius 2 is 1.75 bits per heavy atom. The molecular formula is C17H30N3O3S+. The molecular weight excluding hydrogens is 326 g/mol. The molecule has 0 heterocycles. The Hall–Kier alpha value is -1.44. The van der Waals surface area contributed by atoms with Crippen molar-refractivity contribution in [3.05, 3.63) is 29.8 Å². The zero-order chi connectivity index (χ0) is 18.2. The van der Waals surface area contributed by atoms with Gasteiger partial charge in [-0.1, -0.05) is 32.9 Å². The van der Waals surface area contributed by atoms with Gasteiger partial charge in [0.1, 0.15) is 6.04 Å². The molecule has 1 aromatic carbocycles. The van der Waals surface area contributed by atoms with E-state index in [4.69, 9.17) is 0 Å². The van der Waals surface area contributed by atoms with Crippen LogP contribution in [0.15, 0.2) is 29.2 Å². The Balaban J connectivity index is 2.71. The lowest BCUT2D eigenvalue weighted by Crippen LogP contribution is -2.87. The molecule has 7 heteroatoms. The van der Waals surface area contributed by atoms with Crippen LogP contribution in [-0.2, 0) is 14.8 Å². The molecule has 0 aliphatic heterocycles. The third kappa shape index (κ3) is 5.58. The van der Waals surface area contributed by atoms with E-state index in [9.17, 15) is 13.2 Å². The predicted molar refractivity (Wildman–Crippen MR) is 95.1 cm³/mol. The van der Waals surface area contributed by atoms with Gasteiger partial charge in [-0.3, -0.25) is 4.79 Å². The van der Waals surface area contributed by atoms with Crippen LogP contribution in [0, 0.1) is 0 Å². The topological polar surface area (TPSA) is 83.1 Å². The summed E-state index contributed by atoms with van der Waals surface area (Å²) in [4.78, 5) is 11.9. The van der Waals surface area contributed by atoms with Crippen molar-refractivity contribution in [1.82, 2.24) is 9.62 Å². The van der Waals surface area contributed by atoms with E-state index < -0.39 is 10.0 Å². The molecule has 0 fully saturated rings. The van der Waals surface area contributed by atoms with Crippen LogP contribution in [0.4, 0.5) is 0 Å². The molecule has 1 amide bonds. The van der Waals surface area contributed by atoms with Gasteiger partial charge >= 0.3 is 0 Å². The minimum Gasteiger partial charge on any atom is -0.351 e. The number of carbonyl (C=O) groups excluding carboxylic acids is 1. The lowest BCUT2D eigenvalue weighted by atomic mass is 10.1. The van der Waals surface area contributed by atoms with Gasteiger partial charge in [-0.25, -0.2) is 8.42 Å². The Morgan fingerprint density at radius 3 is 2.25 bits per heavy atom. The van der Waals surface area contributed by atoms with E-state index in [0.29, 0.717) is 31.1 Å². The second-order valence-electron chi connectivity index (χ2n) is 5.74. The smallest absolute Gasteiger partial charge is 0.275 e. The number of hydrogen-bond donors (Lipinski definition) is 2. The van der Waals surface area contributed by atoms with Crippen LogP contribution < -0.4 is 10.6 Å². The van der Waals surface area contributed by atoms with Gasteiger partial charge in [0.2, 0.25) is 10.0 Å². The molecule has 0 saturated carbocycles. The second kappa shape index (κ2) is 9.76. The summed E-state index contributed by atoms with van der Waals surface area (Å²) in [5.74, 6) is 0.0180.